The van der Waals surface area contributed by atoms with Crippen molar-refractivity contribution in [2.24, 2.45) is 5.92 Å². The first-order valence-corrected chi connectivity index (χ1v) is 9.06. The number of nitrogens with one attached hydrogen (secondary N) is 2. The number of carbonyl (C=O) groups excluding carboxylic acids is 1. The minimum absolute atomic E-state index is 0.0471. The standard InChI is InChI=1S/C19H29N3O2/c1-22(2)11-12-24-16-9-7-15(8-10-16)20-19(23)18-13-14-5-3-4-6-17(14)21-18/h7-10,14,17-18,21H,3-6,11-13H2,1-2H3,(H,20,23). The number of fused-ring (bicyclic) bond motifs is 1. The van der Waals surface area contributed by atoms with Crippen LogP contribution in [0.2, 0.25) is 0 Å². The first kappa shape index (κ1) is 17.2. The van der Waals surface area contributed by atoms with Crippen molar-refractivity contribution in [3.05, 3.63) is 24.3 Å². The molecule has 1 saturated carbocycles. The molecule has 24 heavy (non-hydrogen) atoms. The van der Waals surface area contributed by atoms with E-state index in [2.05, 4.69) is 15.5 Å². The molecule has 0 aromatic heterocycles. The van der Waals surface area contributed by atoms with Crippen LogP contribution in [0.4, 0.5) is 5.69 Å². The lowest BCUT2D eigenvalue weighted by Gasteiger charge is -2.24. The highest BCUT2D eigenvalue weighted by molar-refractivity contribution is 5.95. The quantitative estimate of drug-likeness (QED) is 0.841. The fourth-order valence-electron chi connectivity index (χ4n) is 3.73. The maximum Gasteiger partial charge on any atom is 0.241 e. The Balaban J connectivity index is 1.48. The summed E-state index contributed by atoms with van der Waals surface area (Å²) < 4.78 is 5.67. The van der Waals surface area contributed by atoms with Crippen LogP contribution in [0.5, 0.6) is 5.75 Å². The molecule has 2 aliphatic rings. The second kappa shape index (κ2) is 7.99. The summed E-state index contributed by atoms with van der Waals surface area (Å²) in [5.74, 6) is 1.60. The molecule has 1 aromatic carbocycles. The Morgan fingerprint density at radius 1 is 1.25 bits per heavy atom. The van der Waals surface area contributed by atoms with Crippen molar-refractivity contribution in [3.8, 4) is 5.75 Å². The molecule has 3 rings (SSSR count). The topological polar surface area (TPSA) is 53.6 Å². The first-order chi connectivity index (χ1) is 11.6. The van der Waals surface area contributed by atoms with Gasteiger partial charge in [-0.2, -0.15) is 0 Å². The summed E-state index contributed by atoms with van der Waals surface area (Å²) >= 11 is 0. The number of amides is 1. The minimum atomic E-state index is -0.0471. The van der Waals surface area contributed by atoms with Crippen molar-refractivity contribution in [3.63, 3.8) is 0 Å². The highest BCUT2D eigenvalue weighted by Gasteiger charge is 2.38. The van der Waals surface area contributed by atoms with E-state index in [0.717, 1.165) is 24.4 Å². The second-order valence-corrected chi connectivity index (χ2v) is 7.27. The molecule has 1 aliphatic heterocycles. The van der Waals surface area contributed by atoms with Crippen molar-refractivity contribution in [2.75, 3.05) is 32.6 Å². The molecule has 1 amide bonds. The van der Waals surface area contributed by atoms with E-state index in [-0.39, 0.29) is 11.9 Å². The van der Waals surface area contributed by atoms with E-state index in [0.29, 0.717) is 18.6 Å². The number of hydrogen-bond donors (Lipinski definition) is 2. The molecule has 2 fully saturated rings. The summed E-state index contributed by atoms with van der Waals surface area (Å²) in [5.41, 5.74) is 0.830. The van der Waals surface area contributed by atoms with Crippen molar-refractivity contribution in [2.45, 2.75) is 44.2 Å². The van der Waals surface area contributed by atoms with Crippen LogP contribution in [0.25, 0.3) is 0 Å². The zero-order valence-corrected chi connectivity index (χ0v) is 14.8. The van der Waals surface area contributed by atoms with Crippen molar-refractivity contribution in [1.82, 2.24) is 10.2 Å². The fourth-order valence-corrected chi connectivity index (χ4v) is 3.73. The number of rotatable bonds is 6. The van der Waals surface area contributed by atoms with Crippen LogP contribution in [-0.4, -0.2) is 50.1 Å². The molecule has 1 heterocycles. The van der Waals surface area contributed by atoms with Crippen LogP contribution >= 0.6 is 0 Å². The Morgan fingerprint density at radius 2 is 2.00 bits per heavy atom. The highest BCUT2D eigenvalue weighted by Crippen LogP contribution is 2.33. The number of benzene rings is 1. The maximum absolute atomic E-state index is 12.5. The predicted molar refractivity (Wildman–Crippen MR) is 96.4 cm³/mol. The lowest BCUT2D eigenvalue weighted by molar-refractivity contribution is -0.117. The third-order valence-corrected chi connectivity index (χ3v) is 5.11. The van der Waals surface area contributed by atoms with Crippen LogP contribution in [-0.2, 0) is 4.79 Å². The van der Waals surface area contributed by atoms with Gasteiger partial charge in [0.05, 0.1) is 6.04 Å². The Kier molecular flexibility index (Phi) is 5.74. The van der Waals surface area contributed by atoms with Crippen LogP contribution in [0.3, 0.4) is 0 Å². The van der Waals surface area contributed by atoms with Crippen LogP contribution in [0, 0.1) is 5.92 Å². The van der Waals surface area contributed by atoms with Crippen molar-refractivity contribution < 1.29 is 9.53 Å². The zero-order valence-electron chi connectivity index (χ0n) is 14.8. The van der Waals surface area contributed by atoms with Gasteiger partial charge in [0.2, 0.25) is 5.91 Å². The van der Waals surface area contributed by atoms with Gasteiger partial charge in [-0.25, -0.2) is 0 Å². The van der Waals surface area contributed by atoms with Gasteiger partial charge in [-0.1, -0.05) is 12.8 Å². The van der Waals surface area contributed by atoms with Crippen molar-refractivity contribution >= 4 is 11.6 Å². The number of nitrogens with zero attached hydrogens (tertiary/aromatic N) is 1. The molecule has 5 heteroatoms. The van der Waals surface area contributed by atoms with E-state index in [1.54, 1.807) is 0 Å². The lowest BCUT2D eigenvalue weighted by Crippen LogP contribution is -2.39. The van der Waals surface area contributed by atoms with E-state index < -0.39 is 0 Å². The van der Waals surface area contributed by atoms with Gasteiger partial charge >= 0.3 is 0 Å². The van der Waals surface area contributed by atoms with Crippen LogP contribution in [0.1, 0.15) is 32.1 Å². The van der Waals surface area contributed by atoms with Gasteiger partial charge in [-0.3, -0.25) is 4.79 Å². The van der Waals surface area contributed by atoms with Gasteiger partial charge in [0, 0.05) is 18.3 Å². The maximum atomic E-state index is 12.5. The number of carbonyl (C=O) groups is 1. The monoisotopic (exact) mass is 331 g/mol. The molecule has 0 bridgehead atoms. The first-order valence-electron chi connectivity index (χ1n) is 9.06. The molecule has 132 valence electrons. The summed E-state index contributed by atoms with van der Waals surface area (Å²) in [6.45, 7) is 1.54. The molecule has 1 saturated heterocycles. The SMILES string of the molecule is CN(C)CCOc1ccc(NC(=O)C2CC3CCCCC3N2)cc1. The van der Waals surface area contributed by atoms with Gasteiger partial charge in [-0.05, 0) is 63.5 Å². The molecule has 1 aliphatic carbocycles. The van der Waals surface area contributed by atoms with E-state index in [4.69, 9.17) is 4.74 Å². The molecule has 0 spiro atoms. The number of hydrogen-bond acceptors (Lipinski definition) is 4. The van der Waals surface area contributed by atoms with Gasteiger partial charge < -0.3 is 20.3 Å². The Morgan fingerprint density at radius 3 is 2.71 bits per heavy atom. The molecule has 1 aromatic rings. The van der Waals surface area contributed by atoms with Crippen LogP contribution in [0.15, 0.2) is 24.3 Å². The van der Waals surface area contributed by atoms with E-state index in [1.807, 2.05) is 38.4 Å². The molecule has 2 N–H and O–H groups in total. The number of ether oxygens (including phenoxy) is 1. The van der Waals surface area contributed by atoms with Crippen molar-refractivity contribution in [1.29, 1.82) is 0 Å². The molecule has 3 atom stereocenters. The summed E-state index contributed by atoms with van der Waals surface area (Å²) in [4.78, 5) is 14.6. The summed E-state index contributed by atoms with van der Waals surface area (Å²) in [6.07, 6.45) is 6.06. The summed E-state index contributed by atoms with van der Waals surface area (Å²) in [5, 5.41) is 6.55. The third kappa shape index (κ3) is 4.48. The Hall–Kier alpha value is -1.59. The minimum Gasteiger partial charge on any atom is -0.492 e. The number of anilines is 1. The second-order valence-electron chi connectivity index (χ2n) is 7.27. The van der Waals surface area contributed by atoms with E-state index in [1.165, 1.54) is 25.7 Å². The fraction of sp³-hybridized carbons (Fsp3) is 0.632. The number of likely N-dealkylation sites (N-methyl/N-ethyl adjacent to an activating group) is 1. The average Bonchev–Trinajstić information content (AvgIpc) is 3.00. The Bertz CT molecular complexity index is 530. The molecular formula is C19H29N3O2. The summed E-state index contributed by atoms with van der Waals surface area (Å²) in [7, 11) is 4.05. The Labute approximate surface area is 144 Å². The molecular weight excluding hydrogens is 302 g/mol. The molecule has 3 unspecified atom stereocenters. The summed E-state index contributed by atoms with van der Waals surface area (Å²) in [6, 6.07) is 8.13. The molecule has 5 nitrogen and oxygen atoms in total. The van der Waals surface area contributed by atoms with E-state index in [9.17, 15) is 4.79 Å². The predicted octanol–water partition coefficient (Wildman–Crippen LogP) is 2.49. The van der Waals surface area contributed by atoms with E-state index >= 15 is 0 Å². The largest absolute Gasteiger partial charge is 0.492 e. The lowest BCUT2D eigenvalue weighted by atomic mass is 9.85. The van der Waals surface area contributed by atoms with Crippen LogP contribution < -0.4 is 15.4 Å². The third-order valence-electron chi connectivity index (χ3n) is 5.11. The normalized spacial score (nSPS) is 26.2. The smallest absolute Gasteiger partial charge is 0.241 e. The van der Waals surface area contributed by atoms with Gasteiger partial charge in [0.25, 0.3) is 0 Å². The zero-order chi connectivity index (χ0) is 16.9. The van der Waals surface area contributed by atoms with Gasteiger partial charge in [0.1, 0.15) is 12.4 Å². The molecule has 0 radical (unpaired) electrons. The average molecular weight is 331 g/mol. The van der Waals surface area contributed by atoms with Gasteiger partial charge in [-0.15, -0.1) is 0 Å². The highest BCUT2D eigenvalue weighted by atomic mass is 16.5. The van der Waals surface area contributed by atoms with Gasteiger partial charge in [0.15, 0.2) is 0 Å².